The summed E-state index contributed by atoms with van der Waals surface area (Å²) in [4.78, 5) is 1.68. The Morgan fingerprint density at radius 1 is 1.00 bits per heavy atom. The fourth-order valence-electron chi connectivity index (χ4n) is 2.45. The van der Waals surface area contributed by atoms with Gasteiger partial charge in [-0.3, -0.25) is 4.90 Å². The van der Waals surface area contributed by atoms with Crippen molar-refractivity contribution in [3.63, 3.8) is 0 Å². The smallest absolute Gasteiger partial charge is 0.200 e. The molecular weight excluding hydrogens is 279 g/mol. The molecule has 2 rings (SSSR count). The van der Waals surface area contributed by atoms with Crippen molar-refractivity contribution in [1.29, 1.82) is 0 Å². The summed E-state index contributed by atoms with van der Waals surface area (Å²) in [5.74, 6) is -9.38. The van der Waals surface area contributed by atoms with Gasteiger partial charge in [-0.15, -0.1) is 0 Å². The molecule has 1 aliphatic heterocycles. The largest absolute Gasteiger partial charge is 0.316 e. The molecule has 0 radical (unpaired) electrons. The molecule has 0 spiro atoms. The maximum atomic E-state index is 13.6. The van der Waals surface area contributed by atoms with E-state index in [1.165, 1.54) is 0 Å². The normalized spacial score (nSPS) is 20.4. The number of likely N-dealkylation sites (tertiary alicyclic amines) is 1. The second-order valence-corrected chi connectivity index (χ2v) is 4.91. The van der Waals surface area contributed by atoms with Crippen molar-refractivity contribution in [2.45, 2.75) is 25.4 Å². The van der Waals surface area contributed by atoms with Crippen LogP contribution in [0.25, 0.3) is 0 Å². The molecule has 1 aliphatic rings. The summed E-state index contributed by atoms with van der Waals surface area (Å²) < 4.78 is 66.3. The van der Waals surface area contributed by atoms with Gasteiger partial charge < -0.3 is 5.32 Å². The minimum atomic E-state index is -2.12. The van der Waals surface area contributed by atoms with Crippen LogP contribution in [0.5, 0.6) is 0 Å². The first-order valence-corrected chi connectivity index (χ1v) is 6.35. The fraction of sp³-hybridized carbons (Fsp3) is 0.538. The second-order valence-electron chi connectivity index (χ2n) is 4.91. The van der Waals surface area contributed by atoms with E-state index in [0.717, 1.165) is 12.8 Å². The SMILES string of the molecule is CNC1CCCN(Cc2c(F)c(F)c(F)c(F)c2F)C1. The molecule has 1 aromatic carbocycles. The van der Waals surface area contributed by atoms with E-state index < -0.39 is 34.6 Å². The third kappa shape index (κ3) is 2.78. The van der Waals surface area contributed by atoms with Gasteiger partial charge in [0.25, 0.3) is 0 Å². The van der Waals surface area contributed by atoms with Crippen LogP contribution in [0.2, 0.25) is 0 Å². The Morgan fingerprint density at radius 3 is 2.10 bits per heavy atom. The standard InChI is InChI=1S/C13H15F5N2/c1-19-7-3-2-4-20(5-7)6-8-9(14)11(16)13(18)12(17)10(8)15/h7,19H,2-6H2,1H3. The molecule has 1 unspecified atom stereocenters. The van der Waals surface area contributed by atoms with Crippen LogP contribution in [0.3, 0.4) is 0 Å². The summed E-state index contributed by atoms with van der Waals surface area (Å²) in [7, 11) is 1.77. The molecule has 1 saturated heterocycles. The van der Waals surface area contributed by atoms with Gasteiger partial charge in [0.05, 0.1) is 0 Å². The van der Waals surface area contributed by atoms with Gasteiger partial charge in [0, 0.05) is 24.7 Å². The highest BCUT2D eigenvalue weighted by Gasteiger charge is 2.28. The van der Waals surface area contributed by atoms with Gasteiger partial charge >= 0.3 is 0 Å². The number of halogens is 5. The molecule has 20 heavy (non-hydrogen) atoms. The Labute approximate surface area is 113 Å². The van der Waals surface area contributed by atoms with E-state index >= 15 is 0 Å². The van der Waals surface area contributed by atoms with Crippen molar-refractivity contribution in [1.82, 2.24) is 10.2 Å². The van der Waals surface area contributed by atoms with Crippen LogP contribution in [0, 0.1) is 29.1 Å². The number of likely N-dealkylation sites (N-methyl/N-ethyl adjacent to an activating group) is 1. The number of hydrogen-bond donors (Lipinski definition) is 1. The van der Waals surface area contributed by atoms with Gasteiger partial charge in [-0.2, -0.15) is 0 Å². The van der Waals surface area contributed by atoms with Gasteiger partial charge in [0.15, 0.2) is 23.3 Å². The molecule has 1 atom stereocenters. The van der Waals surface area contributed by atoms with Crippen LogP contribution >= 0.6 is 0 Å². The number of rotatable bonds is 3. The Balaban J connectivity index is 2.25. The molecule has 1 fully saturated rings. The van der Waals surface area contributed by atoms with E-state index in [1.807, 2.05) is 0 Å². The number of nitrogens with one attached hydrogen (secondary N) is 1. The van der Waals surface area contributed by atoms with Crippen LogP contribution in [0.15, 0.2) is 0 Å². The molecule has 112 valence electrons. The van der Waals surface area contributed by atoms with E-state index in [0.29, 0.717) is 13.1 Å². The first-order chi connectivity index (χ1) is 9.45. The summed E-state index contributed by atoms with van der Waals surface area (Å²) in [6.07, 6.45) is 1.73. The third-order valence-electron chi connectivity index (χ3n) is 3.60. The maximum absolute atomic E-state index is 13.6. The Kier molecular flexibility index (Phi) is 4.59. The Hall–Kier alpha value is -1.21. The molecule has 1 N–H and O–H groups in total. The van der Waals surface area contributed by atoms with E-state index in [2.05, 4.69) is 5.32 Å². The number of nitrogens with zero attached hydrogens (tertiary/aromatic N) is 1. The lowest BCUT2D eigenvalue weighted by atomic mass is 10.0. The lowest BCUT2D eigenvalue weighted by Gasteiger charge is -2.32. The van der Waals surface area contributed by atoms with Gasteiger partial charge in [0.2, 0.25) is 5.82 Å². The summed E-state index contributed by atoms with van der Waals surface area (Å²) in [5, 5.41) is 3.04. The van der Waals surface area contributed by atoms with Crippen LogP contribution in [-0.4, -0.2) is 31.1 Å². The lowest BCUT2D eigenvalue weighted by Crippen LogP contribution is -2.44. The first kappa shape index (κ1) is 15.2. The Morgan fingerprint density at radius 2 is 1.55 bits per heavy atom. The average Bonchev–Trinajstić information content (AvgIpc) is 2.48. The highest BCUT2D eigenvalue weighted by atomic mass is 19.2. The van der Waals surface area contributed by atoms with Crippen LogP contribution in [-0.2, 0) is 6.54 Å². The summed E-state index contributed by atoms with van der Waals surface area (Å²) in [6.45, 7) is 0.789. The fourth-order valence-corrected chi connectivity index (χ4v) is 2.45. The lowest BCUT2D eigenvalue weighted by molar-refractivity contribution is 0.181. The molecule has 7 heteroatoms. The predicted octanol–water partition coefficient (Wildman–Crippen LogP) is 2.57. The van der Waals surface area contributed by atoms with Crippen molar-refractivity contribution in [2.75, 3.05) is 20.1 Å². The molecule has 1 aromatic rings. The highest BCUT2D eigenvalue weighted by molar-refractivity contribution is 5.24. The molecule has 1 heterocycles. The van der Waals surface area contributed by atoms with Gasteiger partial charge in [0.1, 0.15) is 0 Å². The predicted molar refractivity (Wildman–Crippen MR) is 63.6 cm³/mol. The van der Waals surface area contributed by atoms with Crippen molar-refractivity contribution in [2.24, 2.45) is 0 Å². The molecular formula is C13H15F5N2. The van der Waals surface area contributed by atoms with Crippen molar-refractivity contribution >= 4 is 0 Å². The van der Waals surface area contributed by atoms with Gasteiger partial charge in [-0.1, -0.05) is 0 Å². The molecule has 0 bridgehead atoms. The minimum absolute atomic E-state index is 0.157. The number of hydrogen-bond acceptors (Lipinski definition) is 2. The zero-order valence-electron chi connectivity index (χ0n) is 10.9. The number of benzene rings is 1. The minimum Gasteiger partial charge on any atom is -0.316 e. The second kappa shape index (κ2) is 6.05. The molecule has 0 amide bonds. The zero-order valence-corrected chi connectivity index (χ0v) is 10.9. The van der Waals surface area contributed by atoms with Crippen molar-refractivity contribution in [3.8, 4) is 0 Å². The quantitative estimate of drug-likeness (QED) is 0.523. The van der Waals surface area contributed by atoms with Crippen molar-refractivity contribution < 1.29 is 22.0 Å². The molecule has 0 saturated carbocycles. The first-order valence-electron chi connectivity index (χ1n) is 6.35. The van der Waals surface area contributed by atoms with E-state index in [1.54, 1.807) is 11.9 Å². The van der Waals surface area contributed by atoms with Gasteiger partial charge in [-0.25, -0.2) is 22.0 Å². The molecule has 0 aliphatic carbocycles. The highest BCUT2D eigenvalue weighted by Crippen LogP contribution is 2.25. The summed E-state index contributed by atoms with van der Waals surface area (Å²) >= 11 is 0. The monoisotopic (exact) mass is 294 g/mol. The third-order valence-corrected chi connectivity index (χ3v) is 3.60. The average molecular weight is 294 g/mol. The summed E-state index contributed by atoms with van der Waals surface area (Å²) in [5.41, 5.74) is -0.766. The van der Waals surface area contributed by atoms with Crippen LogP contribution < -0.4 is 5.32 Å². The number of piperidine rings is 1. The Bertz CT molecular complexity index is 477. The van der Waals surface area contributed by atoms with E-state index in [4.69, 9.17) is 0 Å². The maximum Gasteiger partial charge on any atom is 0.200 e. The topological polar surface area (TPSA) is 15.3 Å². The van der Waals surface area contributed by atoms with Crippen LogP contribution in [0.1, 0.15) is 18.4 Å². The van der Waals surface area contributed by atoms with Crippen LogP contribution in [0.4, 0.5) is 22.0 Å². The molecule has 2 nitrogen and oxygen atoms in total. The van der Waals surface area contributed by atoms with E-state index in [9.17, 15) is 22.0 Å². The van der Waals surface area contributed by atoms with E-state index in [-0.39, 0.29) is 12.6 Å². The summed E-state index contributed by atoms with van der Waals surface area (Å²) in [6, 6.07) is 0.157. The van der Waals surface area contributed by atoms with Crippen molar-refractivity contribution in [3.05, 3.63) is 34.6 Å². The zero-order chi connectivity index (χ0) is 14.9. The molecule has 0 aromatic heterocycles. The van der Waals surface area contributed by atoms with Gasteiger partial charge in [-0.05, 0) is 26.4 Å².